The number of para-hydroxylation sites is 3. The van der Waals surface area contributed by atoms with Gasteiger partial charge in [0.25, 0.3) is 0 Å². The molecule has 0 saturated heterocycles. The summed E-state index contributed by atoms with van der Waals surface area (Å²) in [6, 6.07) is 70.9. The van der Waals surface area contributed by atoms with Gasteiger partial charge in [0.1, 0.15) is 11.2 Å². The summed E-state index contributed by atoms with van der Waals surface area (Å²) in [6.45, 7) is 0. The van der Waals surface area contributed by atoms with Crippen LogP contribution < -0.4 is 0 Å². The highest BCUT2D eigenvalue weighted by atomic mass is 16.3. The topological polar surface area (TPSA) is 61.7 Å². The van der Waals surface area contributed by atoms with Crippen LogP contribution in [0.1, 0.15) is 0 Å². The number of aromatic nitrogens is 5. The molecule has 14 rings (SSSR count). The molecule has 0 saturated carbocycles. The van der Waals surface area contributed by atoms with Gasteiger partial charge in [-0.05, 0) is 86.9 Å². The number of hydrogen-bond acceptors (Lipinski definition) is 4. The van der Waals surface area contributed by atoms with E-state index in [0.29, 0.717) is 17.6 Å². The zero-order chi connectivity index (χ0) is 41.2. The van der Waals surface area contributed by atoms with Crippen molar-refractivity contribution in [2.24, 2.45) is 0 Å². The molecule has 4 heterocycles. The average molecular weight is 804 g/mol. The first kappa shape index (κ1) is 34.1. The van der Waals surface area contributed by atoms with E-state index in [-0.39, 0.29) is 0 Å². The third kappa shape index (κ3) is 4.91. The standard InChI is InChI=1S/C57H33N5O/c1-2-14-34(15-3-1)55-58-56(35-26-28-43-42-20-10-13-25-51(42)63-52(43)32-35)60-57(59-55)62-48-24-12-9-22-45(48)54-50(62)31-30-49-53(54)44-21-8-11-23-47(44)61(49)36-27-29-41-39-18-5-4-16-37(39)38-17-6-7-19-40(38)46(41)33-36/h1-33H. The van der Waals surface area contributed by atoms with Crippen LogP contribution in [-0.2, 0) is 0 Å². The van der Waals surface area contributed by atoms with Gasteiger partial charge in [0.05, 0.1) is 22.1 Å². The quantitative estimate of drug-likeness (QED) is 0.166. The Morgan fingerprint density at radius 2 is 0.794 bits per heavy atom. The average Bonchev–Trinajstić information content (AvgIpc) is 4.01. The Morgan fingerprint density at radius 1 is 0.302 bits per heavy atom. The molecule has 4 aromatic heterocycles. The molecule has 0 bridgehead atoms. The molecule has 10 aromatic carbocycles. The highest BCUT2D eigenvalue weighted by molar-refractivity contribution is 6.29. The second-order valence-corrected chi connectivity index (χ2v) is 16.3. The van der Waals surface area contributed by atoms with E-state index >= 15 is 0 Å². The molecule has 14 aromatic rings. The number of furan rings is 1. The number of rotatable bonds is 4. The molecule has 63 heavy (non-hydrogen) atoms. The molecule has 0 spiro atoms. The largest absolute Gasteiger partial charge is 0.456 e. The van der Waals surface area contributed by atoms with Crippen LogP contribution in [0.5, 0.6) is 0 Å². The van der Waals surface area contributed by atoms with Crippen LogP contribution in [0.25, 0.3) is 132 Å². The number of benzene rings is 10. The normalized spacial score (nSPS) is 12.1. The van der Waals surface area contributed by atoms with Gasteiger partial charge < -0.3 is 8.98 Å². The summed E-state index contributed by atoms with van der Waals surface area (Å²) in [7, 11) is 0. The predicted molar refractivity (Wildman–Crippen MR) is 259 cm³/mol. The van der Waals surface area contributed by atoms with Gasteiger partial charge in [-0.15, -0.1) is 0 Å². The number of fused-ring (bicyclic) bond motifs is 16. The first-order chi connectivity index (χ1) is 31.2. The smallest absolute Gasteiger partial charge is 0.238 e. The fourth-order valence-electron chi connectivity index (χ4n) is 10.2. The van der Waals surface area contributed by atoms with Gasteiger partial charge in [-0.1, -0.05) is 146 Å². The van der Waals surface area contributed by atoms with Gasteiger partial charge in [0.2, 0.25) is 5.95 Å². The first-order valence-corrected chi connectivity index (χ1v) is 21.3. The summed E-state index contributed by atoms with van der Waals surface area (Å²) in [5.74, 6) is 1.72. The number of hydrogen-bond donors (Lipinski definition) is 0. The molecular weight excluding hydrogens is 771 g/mol. The Bertz CT molecular complexity index is 4180. The van der Waals surface area contributed by atoms with Crippen molar-refractivity contribution in [3.05, 3.63) is 200 Å². The summed E-state index contributed by atoms with van der Waals surface area (Å²) >= 11 is 0. The summed E-state index contributed by atoms with van der Waals surface area (Å²) in [5, 5.41) is 14.4. The van der Waals surface area contributed by atoms with Crippen LogP contribution in [0.15, 0.2) is 205 Å². The van der Waals surface area contributed by atoms with Crippen LogP contribution in [0.2, 0.25) is 0 Å². The molecule has 0 atom stereocenters. The number of nitrogens with zero attached hydrogens (tertiary/aromatic N) is 5. The van der Waals surface area contributed by atoms with Gasteiger partial charge in [-0.2, -0.15) is 9.97 Å². The molecule has 6 nitrogen and oxygen atoms in total. The van der Waals surface area contributed by atoms with Crippen LogP contribution in [-0.4, -0.2) is 24.1 Å². The van der Waals surface area contributed by atoms with Gasteiger partial charge >= 0.3 is 0 Å². The lowest BCUT2D eigenvalue weighted by Gasteiger charge is -2.14. The monoisotopic (exact) mass is 803 g/mol. The fraction of sp³-hybridized carbons (Fsp3) is 0. The van der Waals surface area contributed by atoms with Crippen LogP contribution >= 0.6 is 0 Å². The molecule has 0 aliphatic rings. The second-order valence-electron chi connectivity index (χ2n) is 16.3. The van der Waals surface area contributed by atoms with E-state index in [1.165, 1.54) is 43.1 Å². The van der Waals surface area contributed by atoms with E-state index in [0.717, 1.165) is 71.6 Å². The molecule has 6 heteroatoms. The van der Waals surface area contributed by atoms with E-state index < -0.39 is 0 Å². The minimum Gasteiger partial charge on any atom is -0.456 e. The Morgan fingerprint density at radius 3 is 1.48 bits per heavy atom. The van der Waals surface area contributed by atoms with Crippen molar-refractivity contribution >= 4 is 97.9 Å². The maximum atomic E-state index is 6.34. The summed E-state index contributed by atoms with van der Waals surface area (Å²) in [5.41, 5.74) is 8.85. The van der Waals surface area contributed by atoms with Crippen molar-refractivity contribution in [3.63, 3.8) is 0 Å². The fourth-order valence-corrected chi connectivity index (χ4v) is 10.2. The summed E-state index contributed by atoms with van der Waals surface area (Å²) in [6.07, 6.45) is 0. The van der Waals surface area contributed by atoms with Gasteiger partial charge in [-0.25, -0.2) is 4.98 Å². The third-order valence-electron chi connectivity index (χ3n) is 13.0. The zero-order valence-electron chi connectivity index (χ0n) is 33.7. The van der Waals surface area contributed by atoms with E-state index in [1.807, 2.05) is 54.6 Å². The Kier molecular flexibility index (Phi) is 7.02. The third-order valence-corrected chi connectivity index (χ3v) is 13.0. The summed E-state index contributed by atoms with van der Waals surface area (Å²) < 4.78 is 11.0. The lowest BCUT2D eigenvalue weighted by Crippen LogP contribution is -2.06. The minimum absolute atomic E-state index is 0.548. The second kappa shape index (κ2) is 12.9. The molecule has 0 aliphatic heterocycles. The van der Waals surface area contributed by atoms with Crippen molar-refractivity contribution < 1.29 is 4.42 Å². The first-order valence-electron chi connectivity index (χ1n) is 21.3. The van der Waals surface area contributed by atoms with E-state index in [4.69, 9.17) is 19.4 Å². The molecular formula is C57H33N5O. The van der Waals surface area contributed by atoms with Crippen molar-refractivity contribution in [1.29, 1.82) is 0 Å². The molecule has 0 unspecified atom stereocenters. The van der Waals surface area contributed by atoms with Gasteiger partial charge in [0, 0.05) is 49.1 Å². The van der Waals surface area contributed by atoms with E-state index in [1.54, 1.807) is 0 Å². The van der Waals surface area contributed by atoms with E-state index in [2.05, 4.69) is 155 Å². The Balaban J connectivity index is 1.04. The maximum Gasteiger partial charge on any atom is 0.238 e. The molecule has 0 aliphatic carbocycles. The summed E-state index contributed by atoms with van der Waals surface area (Å²) in [4.78, 5) is 15.7. The minimum atomic E-state index is 0.548. The SMILES string of the molecule is c1ccc(-c2nc(-c3ccc4c(c3)oc3ccccc34)nc(-n3c4ccccc4c4c5c6ccccc6n(-c6ccc7c8ccccc8c8ccccc8c7c6)c5ccc43)n2)cc1. The molecule has 0 N–H and O–H groups in total. The molecule has 292 valence electrons. The lowest BCUT2D eigenvalue weighted by molar-refractivity contribution is 0.669. The maximum absolute atomic E-state index is 6.34. The van der Waals surface area contributed by atoms with Crippen LogP contribution in [0.4, 0.5) is 0 Å². The Labute approximate surface area is 359 Å². The lowest BCUT2D eigenvalue weighted by atomic mass is 9.94. The van der Waals surface area contributed by atoms with E-state index in [9.17, 15) is 0 Å². The predicted octanol–water partition coefficient (Wildman–Crippen LogP) is 14.8. The van der Waals surface area contributed by atoms with Crippen LogP contribution in [0.3, 0.4) is 0 Å². The molecule has 0 fully saturated rings. The van der Waals surface area contributed by atoms with Crippen molar-refractivity contribution in [2.75, 3.05) is 0 Å². The molecule has 0 radical (unpaired) electrons. The highest BCUT2D eigenvalue weighted by Gasteiger charge is 2.23. The van der Waals surface area contributed by atoms with Crippen molar-refractivity contribution in [3.8, 4) is 34.4 Å². The zero-order valence-corrected chi connectivity index (χ0v) is 33.7. The van der Waals surface area contributed by atoms with Gasteiger partial charge in [-0.3, -0.25) is 4.57 Å². The highest BCUT2D eigenvalue weighted by Crippen LogP contribution is 2.44. The van der Waals surface area contributed by atoms with Crippen LogP contribution in [0, 0.1) is 0 Å². The van der Waals surface area contributed by atoms with Gasteiger partial charge in [0.15, 0.2) is 11.6 Å². The van der Waals surface area contributed by atoms with Crippen molar-refractivity contribution in [2.45, 2.75) is 0 Å². The Hall–Kier alpha value is -8.61. The molecule has 0 amide bonds. The van der Waals surface area contributed by atoms with Crippen molar-refractivity contribution in [1.82, 2.24) is 24.1 Å².